The summed E-state index contributed by atoms with van der Waals surface area (Å²) in [4.78, 5) is 11.2. The second kappa shape index (κ2) is 4.78. The topological polar surface area (TPSA) is 26.3 Å². The maximum atomic E-state index is 11.2. The Hall–Kier alpha value is -1.57. The molecular formula is C13H16O2. The maximum Gasteiger partial charge on any atom is 0.333 e. The van der Waals surface area contributed by atoms with E-state index in [1.807, 2.05) is 26.0 Å². The summed E-state index contributed by atoms with van der Waals surface area (Å²) in [6.07, 6.45) is 1.86. The van der Waals surface area contributed by atoms with E-state index < -0.39 is 0 Å². The van der Waals surface area contributed by atoms with Crippen molar-refractivity contribution in [1.29, 1.82) is 0 Å². The largest absolute Gasteiger partial charge is 0.466 e. The van der Waals surface area contributed by atoms with Gasteiger partial charge in [-0.25, -0.2) is 4.79 Å². The van der Waals surface area contributed by atoms with Gasteiger partial charge in [-0.1, -0.05) is 23.8 Å². The first-order chi connectivity index (χ1) is 7.04. The SMILES string of the molecule is COC(=O)/C(C)=C/c1cc(C)ccc1C. The number of carbonyl (C=O) groups is 1. The van der Waals surface area contributed by atoms with Crippen LogP contribution in [0.4, 0.5) is 0 Å². The van der Waals surface area contributed by atoms with Crippen molar-refractivity contribution in [3.05, 3.63) is 40.5 Å². The molecule has 2 heteroatoms. The molecule has 15 heavy (non-hydrogen) atoms. The lowest BCUT2D eigenvalue weighted by molar-refractivity contribution is -0.135. The Labute approximate surface area is 90.6 Å². The molecule has 0 heterocycles. The Balaban J connectivity index is 3.07. The third kappa shape index (κ3) is 2.94. The molecule has 0 aliphatic heterocycles. The molecule has 0 N–H and O–H groups in total. The maximum absolute atomic E-state index is 11.2. The Morgan fingerprint density at radius 1 is 1.33 bits per heavy atom. The van der Waals surface area contributed by atoms with Crippen LogP contribution in [0.25, 0.3) is 6.08 Å². The monoisotopic (exact) mass is 204 g/mol. The van der Waals surface area contributed by atoms with E-state index in [0.717, 1.165) is 11.1 Å². The van der Waals surface area contributed by atoms with Crippen LogP contribution >= 0.6 is 0 Å². The van der Waals surface area contributed by atoms with Crippen LogP contribution in [0.3, 0.4) is 0 Å². The number of benzene rings is 1. The fraction of sp³-hybridized carbons (Fsp3) is 0.308. The van der Waals surface area contributed by atoms with Crippen LogP contribution in [0.1, 0.15) is 23.6 Å². The molecule has 1 rings (SSSR count). The van der Waals surface area contributed by atoms with Crippen LogP contribution in [-0.4, -0.2) is 13.1 Å². The molecule has 0 spiro atoms. The zero-order valence-electron chi connectivity index (χ0n) is 9.63. The molecule has 0 aliphatic carbocycles. The third-order valence-corrected chi connectivity index (χ3v) is 2.31. The number of methoxy groups -OCH3 is 1. The first-order valence-electron chi connectivity index (χ1n) is 4.88. The van der Waals surface area contributed by atoms with E-state index in [1.54, 1.807) is 6.92 Å². The van der Waals surface area contributed by atoms with Crippen molar-refractivity contribution in [3.8, 4) is 0 Å². The van der Waals surface area contributed by atoms with Crippen molar-refractivity contribution in [2.75, 3.05) is 7.11 Å². The van der Waals surface area contributed by atoms with Crippen molar-refractivity contribution in [3.63, 3.8) is 0 Å². The molecular weight excluding hydrogens is 188 g/mol. The third-order valence-electron chi connectivity index (χ3n) is 2.31. The van der Waals surface area contributed by atoms with E-state index in [4.69, 9.17) is 0 Å². The van der Waals surface area contributed by atoms with Crippen LogP contribution in [0.15, 0.2) is 23.8 Å². The summed E-state index contributed by atoms with van der Waals surface area (Å²) in [5.74, 6) is -0.282. The number of hydrogen-bond donors (Lipinski definition) is 0. The van der Waals surface area contributed by atoms with Gasteiger partial charge in [-0.2, -0.15) is 0 Å². The molecule has 80 valence electrons. The van der Waals surface area contributed by atoms with Crippen LogP contribution in [0.2, 0.25) is 0 Å². The molecule has 1 aromatic carbocycles. The average Bonchev–Trinajstić information content (AvgIpc) is 2.22. The highest BCUT2D eigenvalue weighted by molar-refractivity contribution is 5.93. The van der Waals surface area contributed by atoms with Gasteiger partial charge in [0.15, 0.2) is 0 Å². The second-order valence-corrected chi connectivity index (χ2v) is 3.68. The molecule has 0 saturated carbocycles. The molecule has 0 bridgehead atoms. The van der Waals surface area contributed by atoms with Crippen molar-refractivity contribution in [1.82, 2.24) is 0 Å². The summed E-state index contributed by atoms with van der Waals surface area (Å²) >= 11 is 0. The van der Waals surface area contributed by atoms with Crippen LogP contribution in [0, 0.1) is 13.8 Å². The lowest BCUT2D eigenvalue weighted by Gasteiger charge is -2.04. The summed E-state index contributed by atoms with van der Waals surface area (Å²) in [6, 6.07) is 6.16. The van der Waals surface area contributed by atoms with Crippen LogP contribution in [-0.2, 0) is 9.53 Å². The molecule has 0 amide bonds. The summed E-state index contributed by atoms with van der Waals surface area (Å²) in [5, 5.41) is 0. The highest BCUT2D eigenvalue weighted by Gasteiger charge is 2.04. The second-order valence-electron chi connectivity index (χ2n) is 3.68. The number of carbonyl (C=O) groups excluding carboxylic acids is 1. The van der Waals surface area contributed by atoms with E-state index in [1.165, 1.54) is 12.7 Å². The highest BCUT2D eigenvalue weighted by atomic mass is 16.5. The van der Waals surface area contributed by atoms with Gasteiger partial charge in [-0.3, -0.25) is 0 Å². The summed E-state index contributed by atoms with van der Waals surface area (Å²) in [5.41, 5.74) is 4.03. The number of esters is 1. The fourth-order valence-electron chi connectivity index (χ4n) is 1.37. The Kier molecular flexibility index (Phi) is 3.67. The number of ether oxygens (including phenoxy) is 1. The van der Waals surface area contributed by atoms with Gasteiger partial charge in [0.2, 0.25) is 0 Å². The van der Waals surface area contributed by atoms with Crippen molar-refractivity contribution >= 4 is 12.0 Å². The molecule has 0 fully saturated rings. The Morgan fingerprint density at radius 3 is 2.60 bits per heavy atom. The first kappa shape index (κ1) is 11.5. The summed E-state index contributed by atoms with van der Waals surface area (Å²) in [7, 11) is 1.39. The van der Waals surface area contributed by atoms with E-state index >= 15 is 0 Å². The normalized spacial score (nSPS) is 11.3. The van der Waals surface area contributed by atoms with Gasteiger partial charge in [0.1, 0.15) is 0 Å². The van der Waals surface area contributed by atoms with Gasteiger partial charge in [-0.15, -0.1) is 0 Å². The molecule has 0 atom stereocenters. The number of rotatable bonds is 2. The van der Waals surface area contributed by atoms with E-state index in [-0.39, 0.29) is 5.97 Å². The Bertz CT molecular complexity index is 403. The van der Waals surface area contributed by atoms with Crippen LogP contribution < -0.4 is 0 Å². The minimum atomic E-state index is -0.282. The highest BCUT2D eigenvalue weighted by Crippen LogP contribution is 2.14. The quantitative estimate of drug-likeness (QED) is 0.547. The lowest BCUT2D eigenvalue weighted by Crippen LogP contribution is -2.01. The van der Waals surface area contributed by atoms with Crippen molar-refractivity contribution < 1.29 is 9.53 Å². The average molecular weight is 204 g/mol. The summed E-state index contributed by atoms with van der Waals surface area (Å²) in [6.45, 7) is 5.81. The predicted octanol–water partition coefficient (Wildman–Crippen LogP) is 2.88. The van der Waals surface area contributed by atoms with Gasteiger partial charge in [0.05, 0.1) is 7.11 Å². The van der Waals surface area contributed by atoms with Crippen molar-refractivity contribution in [2.24, 2.45) is 0 Å². The molecule has 0 aromatic heterocycles. The molecule has 0 aliphatic rings. The Morgan fingerprint density at radius 2 is 2.00 bits per heavy atom. The minimum absolute atomic E-state index is 0.282. The number of hydrogen-bond acceptors (Lipinski definition) is 2. The van der Waals surface area contributed by atoms with Gasteiger partial charge in [0, 0.05) is 5.57 Å². The molecule has 2 nitrogen and oxygen atoms in total. The zero-order chi connectivity index (χ0) is 11.4. The van der Waals surface area contributed by atoms with Gasteiger partial charge in [0.25, 0.3) is 0 Å². The fourth-order valence-corrected chi connectivity index (χ4v) is 1.37. The van der Waals surface area contributed by atoms with E-state index in [9.17, 15) is 4.79 Å². The van der Waals surface area contributed by atoms with Crippen molar-refractivity contribution in [2.45, 2.75) is 20.8 Å². The van der Waals surface area contributed by atoms with Gasteiger partial charge in [-0.05, 0) is 38.0 Å². The first-order valence-corrected chi connectivity index (χ1v) is 4.88. The standard InChI is InChI=1S/C13H16O2/c1-9-5-6-10(2)12(7-9)8-11(3)13(14)15-4/h5-8H,1-4H3/b11-8+. The van der Waals surface area contributed by atoms with E-state index in [0.29, 0.717) is 5.57 Å². The predicted molar refractivity (Wildman–Crippen MR) is 61.6 cm³/mol. The smallest absolute Gasteiger partial charge is 0.333 e. The molecule has 0 unspecified atom stereocenters. The summed E-state index contributed by atoms with van der Waals surface area (Å²) < 4.78 is 4.65. The van der Waals surface area contributed by atoms with E-state index in [2.05, 4.69) is 16.9 Å². The van der Waals surface area contributed by atoms with Crippen LogP contribution in [0.5, 0.6) is 0 Å². The number of aryl methyl sites for hydroxylation is 2. The lowest BCUT2D eigenvalue weighted by atomic mass is 10.0. The zero-order valence-corrected chi connectivity index (χ0v) is 9.63. The minimum Gasteiger partial charge on any atom is -0.466 e. The van der Waals surface area contributed by atoms with Gasteiger partial charge >= 0.3 is 5.97 Å². The molecule has 1 aromatic rings. The molecule has 0 saturated heterocycles. The molecule has 0 radical (unpaired) electrons. The van der Waals surface area contributed by atoms with Gasteiger partial charge < -0.3 is 4.74 Å².